The SMILES string of the molecule is Cc1ccc(C(=O)Nc2cc(CNC(C)C)c(F)c(C(F)(F)F)c2)cc1N1C=C(c2cncc(C#N)c2)NN1. The van der Waals surface area contributed by atoms with Crippen LogP contribution in [0.1, 0.15) is 52.0 Å². The van der Waals surface area contributed by atoms with Crippen LogP contribution in [0.25, 0.3) is 5.70 Å². The molecule has 0 saturated heterocycles. The van der Waals surface area contributed by atoms with Gasteiger partial charge in [0.1, 0.15) is 11.9 Å². The van der Waals surface area contributed by atoms with Crippen LogP contribution in [-0.2, 0) is 12.7 Å². The molecule has 2 aromatic carbocycles. The van der Waals surface area contributed by atoms with Crippen LogP contribution in [0.4, 0.5) is 28.9 Å². The highest BCUT2D eigenvalue weighted by molar-refractivity contribution is 6.05. The first-order chi connectivity index (χ1) is 18.5. The third kappa shape index (κ3) is 6.34. The molecule has 1 aliphatic rings. The number of benzene rings is 2. The fourth-order valence-corrected chi connectivity index (χ4v) is 3.86. The van der Waals surface area contributed by atoms with Crippen LogP contribution in [0, 0.1) is 24.1 Å². The quantitative estimate of drug-likeness (QED) is 0.313. The summed E-state index contributed by atoms with van der Waals surface area (Å²) in [6.07, 6.45) is -0.190. The average Bonchev–Trinajstić information content (AvgIpc) is 3.38. The molecular formula is C27H25F4N7O. The number of aryl methyl sites for hydroxylation is 1. The van der Waals surface area contributed by atoms with Crippen molar-refractivity contribution >= 4 is 23.0 Å². The zero-order chi connectivity index (χ0) is 28.3. The van der Waals surface area contributed by atoms with Crippen molar-refractivity contribution in [1.29, 1.82) is 5.26 Å². The molecule has 0 fully saturated rings. The van der Waals surface area contributed by atoms with Crippen molar-refractivity contribution in [2.24, 2.45) is 0 Å². The van der Waals surface area contributed by atoms with Crippen LogP contribution in [0.5, 0.6) is 0 Å². The van der Waals surface area contributed by atoms with Gasteiger partial charge in [-0.25, -0.2) is 4.39 Å². The molecule has 2 heterocycles. The Balaban J connectivity index is 1.60. The molecule has 0 aliphatic carbocycles. The van der Waals surface area contributed by atoms with Gasteiger partial charge in [-0.15, -0.1) is 5.53 Å². The van der Waals surface area contributed by atoms with E-state index in [4.69, 9.17) is 5.26 Å². The molecule has 3 aromatic rings. The molecule has 39 heavy (non-hydrogen) atoms. The summed E-state index contributed by atoms with van der Waals surface area (Å²) in [4.78, 5) is 17.1. The van der Waals surface area contributed by atoms with Crippen LogP contribution < -0.4 is 26.6 Å². The van der Waals surface area contributed by atoms with Crippen molar-refractivity contribution in [3.63, 3.8) is 0 Å². The van der Waals surface area contributed by atoms with E-state index in [1.165, 1.54) is 18.3 Å². The maximum absolute atomic E-state index is 14.6. The minimum atomic E-state index is -4.94. The summed E-state index contributed by atoms with van der Waals surface area (Å²) in [5, 5.41) is 16.1. The topological polar surface area (TPSA) is 105 Å². The number of pyridine rings is 1. The summed E-state index contributed by atoms with van der Waals surface area (Å²) >= 11 is 0. The Hall–Kier alpha value is -4.47. The van der Waals surface area contributed by atoms with Gasteiger partial charge in [0.05, 0.1) is 22.5 Å². The Morgan fingerprint density at radius 1 is 1.18 bits per heavy atom. The number of nitrogens with zero attached hydrogens (tertiary/aromatic N) is 3. The lowest BCUT2D eigenvalue weighted by molar-refractivity contribution is -0.140. The lowest BCUT2D eigenvalue weighted by atomic mass is 10.1. The molecule has 1 aromatic heterocycles. The molecule has 4 N–H and O–H groups in total. The van der Waals surface area contributed by atoms with Crippen LogP contribution in [-0.4, -0.2) is 16.9 Å². The molecule has 0 spiro atoms. The normalized spacial score (nSPS) is 13.2. The second-order valence-corrected chi connectivity index (χ2v) is 9.21. The van der Waals surface area contributed by atoms with Crippen LogP contribution in [0.3, 0.4) is 0 Å². The number of aromatic nitrogens is 1. The van der Waals surface area contributed by atoms with E-state index < -0.39 is 23.5 Å². The minimum Gasteiger partial charge on any atom is -0.322 e. The number of amides is 1. The molecule has 0 unspecified atom stereocenters. The van der Waals surface area contributed by atoms with E-state index in [1.807, 2.05) is 13.0 Å². The van der Waals surface area contributed by atoms with Gasteiger partial charge in [0.25, 0.3) is 5.91 Å². The van der Waals surface area contributed by atoms with Gasteiger partial charge in [-0.05, 0) is 42.8 Å². The summed E-state index contributed by atoms with van der Waals surface area (Å²) in [6.45, 7) is 5.25. The lowest BCUT2D eigenvalue weighted by Crippen LogP contribution is -2.36. The van der Waals surface area contributed by atoms with E-state index in [0.29, 0.717) is 28.6 Å². The number of carbonyl (C=O) groups excluding carboxylic acids is 1. The highest BCUT2D eigenvalue weighted by atomic mass is 19.4. The monoisotopic (exact) mass is 539 g/mol. The van der Waals surface area contributed by atoms with Crippen LogP contribution in [0.2, 0.25) is 0 Å². The highest BCUT2D eigenvalue weighted by Crippen LogP contribution is 2.35. The van der Waals surface area contributed by atoms with Gasteiger partial charge in [0.2, 0.25) is 0 Å². The number of carbonyl (C=O) groups is 1. The summed E-state index contributed by atoms with van der Waals surface area (Å²) in [5.41, 5.74) is 7.33. The molecule has 12 heteroatoms. The number of halogens is 4. The number of anilines is 2. The van der Waals surface area contributed by atoms with Gasteiger partial charge < -0.3 is 16.1 Å². The Morgan fingerprint density at radius 3 is 2.64 bits per heavy atom. The van der Waals surface area contributed by atoms with Crippen LogP contribution in [0.15, 0.2) is 55.0 Å². The summed E-state index contributed by atoms with van der Waals surface area (Å²) in [6, 6.07) is 10.2. The Labute approximate surface area is 222 Å². The van der Waals surface area contributed by atoms with Crippen molar-refractivity contribution in [3.8, 4) is 6.07 Å². The predicted molar refractivity (Wildman–Crippen MR) is 138 cm³/mol. The third-order valence-corrected chi connectivity index (χ3v) is 5.89. The van der Waals surface area contributed by atoms with E-state index in [0.717, 1.165) is 5.56 Å². The Bertz CT molecular complexity index is 1480. The van der Waals surface area contributed by atoms with Gasteiger partial charge in [0.15, 0.2) is 0 Å². The molecule has 4 rings (SSSR count). The lowest BCUT2D eigenvalue weighted by Gasteiger charge is -2.19. The Kier molecular flexibility index (Phi) is 7.85. The summed E-state index contributed by atoms with van der Waals surface area (Å²) in [7, 11) is 0. The van der Waals surface area contributed by atoms with Crippen molar-refractivity contribution < 1.29 is 22.4 Å². The molecule has 202 valence electrons. The van der Waals surface area contributed by atoms with Crippen LogP contribution >= 0.6 is 0 Å². The van der Waals surface area contributed by atoms with Gasteiger partial charge in [-0.2, -0.15) is 18.4 Å². The maximum Gasteiger partial charge on any atom is 0.419 e. The number of hydrazine groups is 2. The van der Waals surface area contributed by atoms with Crippen molar-refractivity contribution in [2.75, 3.05) is 10.3 Å². The number of nitrogens with one attached hydrogen (secondary N) is 4. The van der Waals surface area contributed by atoms with Gasteiger partial charge >= 0.3 is 6.18 Å². The molecular weight excluding hydrogens is 514 g/mol. The first kappa shape index (κ1) is 27.6. The maximum atomic E-state index is 14.6. The number of nitriles is 1. The largest absolute Gasteiger partial charge is 0.419 e. The van der Waals surface area contributed by atoms with Gasteiger partial charge in [-0.1, -0.05) is 19.9 Å². The summed E-state index contributed by atoms with van der Waals surface area (Å²) in [5.74, 6) is -2.04. The van der Waals surface area contributed by atoms with Crippen molar-refractivity contribution in [3.05, 3.63) is 94.2 Å². The second kappa shape index (κ2) is 11.1. The summed E-state index contributed by atoms with van der Waals surface area (Å²) < 4.78 is 55.2. The first-order valence-corrected chi connectivity index (χ1v) is 11.9. The number of alkyl halides is 3. The van der Waals surface area contributed by atoms with E-state index >= 15 is 0 Å². The first-order valence-electron chi connectivity index (χ1n) is 11.9. The van der Waals surface area contributed by atoms with E-state index in [1.54, 1.807) is 49.5 Å². The fraction of sp³-hybridized carbons (Fsp3) is 0.222. The molecule has 8 nitrogen and oxygen atoms in total. The third-order valence-electron chi connectivity index (χ3n) is 5.89. The number of hydrogen-bond acceptors (Lipinski definition) is 7. The highest BCUT2D eigenvalue weighted by Gasteiger charge is 2.36. The molecule has 0 radical (unpaired) electrons. The molecule has 1 aliphatic heterocycles. The zero-order valence-electron chi connectivity index (χ0n) is 21.2. The molecule has 0 atom stereocenters. The second-order valence-electron chi connectivity index (χ2n) is 9.21. The molecule has 1 amide bonds. The molecule has 0 bridgehead atoms. The molecule has 0 saturated carbocycles. The van der Waals surface area contributed by atoms with Gasteiger partial charge in [0, 0.05) is 53.6 Å². The zero-order valence-corrected chi connectivity index (χ0v) is 21.2. The predicted octanol–water partition coefficient (Wildman–Crippen LogP) is 5.00. The minimum absolute atomic E-state index is 0.0854. The standard InChI is InChI=1S/C27H25F4N7O/c1-15(2)34-13-20-7-21(9-22(25(20)28)27(29,30)31)35-26(39)18-5-4-16(3)24(8-18)38-14-23(36-37-38)19-6-17(10-32)11-33-12-19/h4-9,11-12,14-15,34,36-37H,13H2,1-3H3,(H,35,39). The van der Waals surface area contributed by atoms with Gasteiger partial charge in [-0.3, -0.25) is 14.8 Å². The van der Waals surface area contributed by atoms with E-state index in [-0.39, 0.29) is 29.4 Å². The van der Waals surface area contributed by atoms with E-state index in [9.17, 15) is 22.4 Å². The number of rotatable bonds is 7. The Morgan fingerprint density at radius 2 is 1.95 bits per heavy atom. The van der Waals surface area contributed by atoms with E-state index in [2.05, 4.69) is 26.6 Å². The van der Waals surface area contributed by atoms with Crippen molar-refractivity contribution in [1.82, 2.24) is 21.3 Å². The smallest absolute Gasteiger partial charge is 0.322 e. The fourth-order valence-electron chi connectivity index (χ4n) is 3.86. The number of hydrogen-bond donors (Lipinski definition) is 4. The van der Waals surface area contributed by atoms with Crippen molar-refractivity contribution in [2.45, 2.75) is 39.5 Å². The average molecular weight is 540 g/mol.